The number of hydrogen-bond acceptors (Lipinski definition) is 3. The minimum Gasteiger partial charge on any atom is -0.297 e. The Morgan fingerprint density at radius 1 is 1.53 bits per heavy atom. The molecule has 0 atom stereocenters. The highest BCUT2D eigenvalue weighted by molar-refractivity contribution is 7.09. The monoisotopic (exact) mass is 244 g/mol. The lowest BCUT2D eigenvalue weighted by atomic mass is 9.99. The Balaban J connectivity index is 1.82. The molecule has 0 aromatic carbocycles. The lowest BCUT2D eigenvalue weighted by molar-refractivity contribution is 0.186. The quantitative estimate of drug-likeness (QED) is 0.761. The fraction of sp³-hybridized carbons (Fsp3) is 0.727. The van der Waals surface area contributed by atoms with Crippen LogP contribution in [0.2, 0.25) is 0 Å². The molecule has 2 heterocycles. The molecule has 1 saturated heterocycles. The fourth-order valence-corrected chi connectivity index (χ4v) is 3.09. The van der Waals surface area contributed by atoms with Gasteiger partial charge in [0.15, 0.2) is 0 Å². The minimum absolute atomic E-state index is 0.737. The first-order valence-corrected chi connectivity index (χ1v) is 6.88. The molecule has 0 amide bonds. The van der Waals surface area contributed by atoms with E-state index in [4.69, 9.17) is 11.6 Å². The van der Waals surface area contributed by atoms with E-state index in [1.807, 2.05) is 0 Å². The summed E-state index contributed by atoms with van der Waals surface area (Å²) in [6.07, 6.45) is 2.49. The highest BCUT2D eigenvalue weighted by Gasteiger charge is 2.18. The molecule has 1 aromatic rings. The zero-order valence-corrected chi connectivity index (χ0v) is 10.7. The lowest BCUT2D eigenvalue weighted by Crippen LogP contribution is -2.33. The van der Waals surface area contributed by atoms with E-state index in [-0.39, 0.29) is 0 Å². The van der Waals surface area contributed by atoms with Gasteiger partial charge in [0.2, 0.25) is 0 Å². The van der Waals surface area contributed by atoms with Crippen molar-refractivity contribution in [1.29, 1.82) is 0 Å². The highest BCUT2D eigenvalue weighted by Crippen LogP contribution is 2.20. The zero-order valence-electron chi connectivity index (χ0n) is 9.08. The summed E-state index contributed by atoms with van der Waals surface area (Å²) < 4.78 is 0. The van der Waals surface area contributed by atoms with Gasteiger partial charge in [-0.1, -0.05) is 0 Å². The Morgan fingerprint density at radius 2 is 2.27 bits per heavy atom. The Morgan fingerprint density at radius 3 is 2.80 bits per heavy atom. The van der Waals surface area contributed by atoms with E-state index in [0.29, 0.717) is 0 Å². The number of aryl methyl sites for hydroxylation is 1. The number of alkyl halides is 1. The highest BCUT2D eigenvalue weighted by atomic mass is 35.5. The fourth-order valence-electron chi connectivity index (χ4n) is 1.97. The molecule has 0 saturated carbocycles. The van der Waals surface area contributed by atoms with Crippen LogP contribution < -0.4 is 0 Å². The molecule has 1 aromatic heterocycles. The van der Waals surface area contributed by atoms with Gasteiger partial charge in [-0.2, -0.15) is 0 Å². The van der Waals surface area contributed by atoms with Crippen LogP contribution in [0.3, 0.4) is 0 Å². The van der Waals surface area contributed by atoms with Gasteiger partial charge in [0.1, 0.15) is 5.01 Å². The van der Waals surface area contributed by atoms with E-state index in [1.165, 1.54) is 30.9 Å². The number of aromatic nitrogens is 1. The molecule has 0 radical (unpaired) electrons. The van der Waals surface area contributed by atoms with E-state index in [2.05, 4.69) is 22.2 Å². The summed E-state index contributed by atoms with van der Waals surface area (Å²) in [4.78, 5) is 6.98. The van der Waals surface area contributed by atoms with Gasteiger partial charge in [-0.15, -0.1) is 22.9 Å². The van der Waals surface area contributed by atoms with Gasteiger partial charge in [-0.25, -0.2) is 4.98 Å². The Bertz CT molecular complexity index is 305. The van der Waals surface area contributed by atoms with E-state index in [0.717, 1.165) is 24.0 Å². The maximum Gasteiger partial charge on any atom is 0.107 e. The van der Waals surface area contributed by atoms with Crippen molar-refractivity contribution in [2.75, 3.05) is 19.0 Å². The van der Waals surface area contributed by atoms with Gasteiger partial charge in [-0.3, -0.25) is 4.90 Å². The van der Waals surface area contributed by atoms with Crippen molar-refractivity contribution in [3.8, 4) is 0 Å². The number of halogens is 1. The van der Waals surface area contributed by atoms with Gasteiger partial charge in [-0.05, 0) is 38.8 Å². The Kier molecular flexibility index (Phi) is 4.00. The number of hydrogen-bond donors (Lipinski definition) is 0. The average molecular weight is 245 g/mol. The third-order valence-electron chi connectivity index (χ3n) is 2.95. The second kappa shape index (κ2) is 5.28. The summed E-state index contributed by atoms with van der Waals surface area (Å²) in [5, 5.41) is 3.37. The van der Waals surface area contributed by atoms with Crippen molar-refractivity contribution in [1.82, 2.24) is 9.88 Å². The number of likely N-dealkylation sites (tertiary alicyclic amines) is 1. The summed E-state index contributed by atoms with van der Waals surface area (Å²) in [6.45, 7) is 5.43. The van der Waals surface area contributed by atoms with Crippen LogP contribution in [0.15, 0.2) is 5.38 Å². The van der Waals surface area contributed by atoms with Crippen LogP contribution in [0.5, 0.6) is 0 Å². The van der Waals surface area contributed by atoms with E-state index >= 15 is 0 Å². The smallest absolute Gasteiger partial charge is 0.107 e. The van der Waals surface area contributed by atoms with Crippen LogP contribution in [0.4, 0.5) is 0 Å². The van der Waals surface area contributed by atoms with Crippen LogP contribution in [0.1, 0.15) is 23.5 Å². The third kappa shape index (κ3) is 3.16. The molecule has 15 heavy (non-hydrogen) atoms. The molecule has 0 spiro atoms. The Labute approximate surface area is 100 Å². The molecule has 0 unspecified atom stereocenters. The van der Waals surface area contributed by atoms with Gasteiger partial charge in [0.05, 0.1) is 6.54 Å². The molecular formula is C11H17ClN2S. The van der Waals surface area contributed by atoms with Crippen molar-refractivity contribution < 1.29 is 0 Å². The van der Waals surface area contributed by atoms with E-state index in [1.54, 1.807) is 11.3 Å². The van der Waals surface area contributed by atoms with Crippen LogP contribution in [-0.4, -0.2) is 28.9 Å². The van der Waals surface area contributed by atoms with Crippen LogP contribution >= 0.6 is 22.9 Å². The topological polar surface area (TPSA) is 16.1 Å². The van der Waals surface area contributed by atoms with E-state index < -0.39 is 0 Å². The van der Waals surface area contributed by atoms with Crippen molar-refractivity contribution in [3.05, 3.63) is 16.1 Å². The minimum atomic E-state index is 0.737. The molecule has 1 aliphatic rings. The first-order valence-electron chi connectivity index (χ1n) is 5.47. The van der Waals surface area contributed by atoms with Crippen molar-refractivity contribution in [2.45, 2.75) is 26.3 Å². The summed E-state index contributed by atoms with van der Waals surface area (Å²) in [5.74, 6) is 1.56. The summed E-state index contributed by atoms with van der Waals surface area (Å²) in [6, 6.07) is 0. The predicted molar refractivity (Wildman–Crippen MR) is 65.6 cm³/mol. The first kappa shape index (κ1) is 11.4. The SMILES string of the molecule is Cc1csc(CN2CCC(CCl)CC2)n1. The third-order valence-corrected chi connectivity index (χ3v) is 4.34. The van der Waals surface area contributed by atoms with Crippen LogP contribution in [0, 0.1) is 12.8 Å². The molecule has 0 N–H and O–H groups in total. The van der Waals surface area contributed by atoms with Crippen LogP contribution in [-0.2, 0) is 6.54 Å². The second-order valence-electron chi connectivity index (χ2n) is 4.26. The van der Waals surface area contributed by atoms with Crippen molar-refractivity contribution in [3.63, 3.8) is 0 Å². The van der Waals surface area contributed by atoms with Gasteiger partial charge < -0.3 is 0 Å². The molecule has 2 nitrogen and oxygen atoms in total. The molecular weight excluding hydrogens is 228 g/mol. The average Bonchev–Trinajstić information content (AvgIpc) is 2.65. The number of thiazole rings is 1. The standard InChI is InChI=1S/C11H17ClN2S/c1-9-8-15-11(13-9)7-14-4-2-10(6-12)3-5-14/h8,10H,2-7H2,1H3. The number of rotatable bonds is 3. The van der Waals surface area contributed by atoms with Crippen molar-refractivity contribution in [2.24, 2.45) is 5.92 Å². The van der Waals surface area contributed by atoms with Gasteiger partial charge >= 0.3 is 0 Å². The summed E-state index contributed by atoms with van der Waals surface area (Å²) in [5.41, 5.74) is 1.14. The van der Waals surface area contributed by atoms with E-state index in [9.17, 15) is 0 Å². The number of nitrogens with zero attached hydrogens (tertiary/aromatic N) is 2. The molecule has 4 heteroatoms. The van der Waals surface area contributed by atoms with Gasteiger partial charge in [0.25, 0.3) is 0 Å². The summed E-state index contributed by atoms with van der Waals surface area (Å²) in [7, 11) is 0. The largest absolute Gasteiger partial charge is 0.297 e. The maximum atomic E-state index is 5.86. The second-order valence-corrected chi connectivity index (χ2v) is 5.51. The predicted octanol–water partition coefficient (Wildman–Crippen LogP) is 2.90. The maximum absolute atomic E-state index is 5.86. The molecule has 1 aliphatic heterocycles. The van der Waals surface area contributed by atoms with Gasteiger partial charge in [0, 0.05) is 17.0 Å². The molecule has 84 valence electrons. The molecule has 0 bridgehead atoms. The Hall–Kier alpha value is -0.120. The van der Waals surface area contributed by atoms with Crippen molar-refractivity contribution >= 4 is 22.9 Å². The normalized spacial score (nSPS) is 19.6. The van der Waals surface area contributed by atoms with Crippen LogP contribution in [0.25, 0.3) is 0 Å². The zero-order chi connectivity index (χ0) is 10.7. The lowest BCUT2D eigenvalue weighted by Gasteiger charge is -2.30. The first-order chi connectivity index (χ1) is 7.28. The molecule has 2 rings (SSSR count). The number of piperidine rings is 1. The summed E-state index contributed by atoms with van der Waals surface area (Å²) >= 11 is 7.63. The molecule has 1 fully saturated rings. The molecule has 0 aliphatic carbocycles.